The Labute approximate surface area is 149 Å². The summed E-state index contributed by atoms with van der Waals surface area (Å²) in [5.41, 5.74) is 0.943. The third kappa shape index (κ3) is 2.80. The molecule has 0 unspecified atom stereocenters. The number of halogens is 1. The number of para-hydroxylation sites is 2. The van der Waals surface area contributed by atoms with Gasteiger partial charge >= 0.3 is 0 Å². The maximum atomic E-state index is 13.9. The summed E-state index contributed by atoms with van der Waals surface area (Å²) in [5.74, 6) is -0.573. The van der Waals surface area contributed by atoms with Gasteiger partial charge in [0.15, 0.2) is 0 Å². The van der Waals surface area contributed by atoms with Crippen LogP contribution in [0.15, 0.2) is 78.1 Å². The molecule has 0 aliphatic carbocycles. The number of aromatic nitrogens is 3. The zero-order valence-corrected chi connectivity index (χ0v) is 14.2. The van der Waals surface area contributed by atoms with Gasteiger partial charge in [-0.25, -0.2) is 17.5 Å². The third-order valence-electron chi connectivity index (χ3n) is 3.87. The molecular weight excluding hydrogens is 355 g/mol. The number of rotatable bonds is 4. The van der Waals surface area contributed by atoms with Crippen molar-refractivity contribution in [2.24, 2.45) is 0 Å². The van der Waals surface area contributed by atoms with Crippen LogP contribution in [-0.4, -0.2) is 23.2 Å². The Morgan fingerprint density at radius 3 is 2.62 bits per heavy atom. The summed E-state index contributed by atoms with van der Waals surface area (Å²) in [4.78, 5) is 3.89. The van der Waals surface area contributed by atoms with Crippen LogP contribution in [0.2, 0.25) is 0 Å². The van der Waals surface area contributed by atoms with Gasteiger partial charge in [-0.1, -0.05) is 12.1 Å². The molecule has 8 heteroatoms. The molecule has 2 aromatic carbocycles. The number of hydrogen-bond donors (Lipinski definition) is 1. The first kappa shape index (κ1) is 16.2. The standard InChI is InChI=1S/C18H13FN4O2S/c19-14-8-9-17(13-5-3-10-20-18(13)14)26(24,25)22-15-6-1-2-7-16(15)23-12-4-11-21-23/h1-12,22H. The molecule has 0 aliphatic rings. The molecule has 6 nitrogen and oxygen atoms in total. The summed E-state index contributed by atoms with van der Waals surface area (Å²) in [5, 5.41) is 4.35. The predicted octanol–water partition coefficient (Wildman–Crippen LogP) is 3.36. The van der Waals surface area contributed by atoms with Crippen LogP contribution < -0.4 is 4.72 Å². The summed E-state index contributed by atoms with van der Waals surface area (Å²) in [6, 6.07) is 14.1. The first-order valence-electron chi connectivity index (χ1n) is 7.71. The van der Waals surface area contributed by atoms with Crippen LogP contribution in [0.5, 0.6) is 0 Å². The Morgan fingerprint density at radius 1 is 0.962 bits per heavy atom. The molecule has 0 atom stereocenters. The molecule has 0 aliphatic heterocycles. The molecule has 0 spiro atoms. The van der Waals surface area contributed by atoms with Crippen LogP contribution in [-0.2, 0) is 10.0 Å². The lowest BCUT2D eigenvalue weighted by atomic mass is 10.2. The Morgan fingerprint density at radius 2 is 1.81 bits per heavy atom. The summed E-state index contributed by atoms with van der Waals surface area (Å²) < 4.78 is 44.0. The minimum atomic E-state index is -3.97. The van der Waals surface area contributed by atoms with Crippen LogP contribution >= 0.6 is 0 Å². The Bertz CT molecular complexity index is 1190. The van der Waals surface area contributed by atoms with Crippen molar-refractivity contribution in [3.63, 3.8) is 0 Å². The number of anilines is 1. The molecule has 2 aromatic heterocycles. The molecule has 130 valence electrons. The highest BCUT2D eigenvalue weighted by molar-refractivity contribution is 7.93. The monoisotopic (exact) mass is 368 g/mol. The van der Waals surface area contributed by atoms with Gasteiger partial charge in [0.05, 0.1) is 16.3 Å². The first-order valence-corrected chi connectivity index (χ1v) is 9.20. The Balaban J connectivity index is 1.82. The third-order valence-corrected chi connectivity index (χ3v) is 5.29. The molecular formula is C18H13FN4O2S. The lowest BCUT2D eigenvalue weighted by Crippen LogP contribution is -2.15. The fraction of sp³-hybridized carbons (Fsp3) is 0. The fourth-order valence-corrected chi connectivity index (χ4v) is 3.99. The van der Waals surface area contributed by atoms with Crippen molar-refractivity contribution >= 4 is 26.6 Å². The van der Waals surface area contributed by atoms with E-state index in [2.05, 4.69) is 14.8 Å². The Kier molecular flexibility index (Phi) is 3.89. The lowest BCUT2D eigenvalue weighted by molar-refractivity contribution is 0.601. The molecule has 2 heterocycles. The summed E-state index contributed by atoms with van der Waals surface area (Å²) >= 11 is 0. The number of pyridine rings is 1. The van der Waals surface area contributed by atoms with Gasteiger partial charge in [0, 0.05) is 24.0 Å². The second-order valence-corrected chi connectivity index (χ2v) is 7.17. The van der Waals surface area contributed by atoms with Gasteiger partial charge < -0.3 is 0 Å². The molecule has 26 heavy (non-hydrogen) atoms. The van der Waals surface area contributed by atoms with E-state index in [0.29, 0.717) is 11.4 Å². The zero-order chi connectivity index (χ0) is 18.1. The molecule has 0 saturated heterocycles. The number of nitrogens with zero attached hydrogens (tertiary/aromatic N) is 3. The van der Waals surface area contributed by atoms with E-state index in [-0.39, 0.29) is 15.8 Å². The number of benzene rings is 2. The van der Waals surface area contributed by atoms with Crippen LogP contribution in [0.4, 0.5) is 10.1 Å². The summed E-state index contributed by atoms with van der Waals surface area (Å²) in [7, 11) is -3.97. The summed E-state index contributed by atoms with van der Waals surface area (Å²) in [6.07, 6.45) is 4.73. The molecule has 0 radical (unpaired) electrons. The van der Waals surface area contributed by atoms with Crippen molar-refractivity contribution < 1.29 is 12.8 Å². The average Bonchev–Trinajstić information content (AvgIpc) is 3.16. The van der Waals surface area contributed by atoms with Gasteiger partial charge in [-0.3, -0.25) is 9.71 Å². The summed E-state index contributed by atoms with van der Waals surface area (Å²) in [6.45, 7) is 0. The van der Waals surface area contributed by atoms with Crippen LogP contribution in [0, 0.1) is 5.82 Å². The molecule has 4 aromatic rings. The lowest BCUT2D eigenvalue weighted by Gasteiger charge is -2.14. The van der Waals surface area contributed by atoms with Crippen LogP contribution in [0.1, 0.15) is 0 Å². The molecule has 0 saturated carbocycles. The Hall–Kier alpha value is -3.26. The molecule has 0 bridgehead atoms. The first-order chi connectivity index (χ1) is 12.6. The molecule has 4 rings (SSSR count). The van der Waals surface area contributed by atoms with Crippen molar-refractivity contribution in [1.29, 1.82) is 0 Å². The molecule has 0 amide bonds. The number of nitrogens with one attached hydrogen (secondary N) is 1. The van der Waals surface area contributed by atoms with E-state index >= 15 is 0 Å². The number of fused-ring (bicyclic) bond motifs is 1. The highest BCUT2D eigenvalue weighted by Gasteiger charge is 2.21. The van der Waals surface area contributed by atoms with E-state index in [4.69, 9.17) is 0 Å². The van der Waals surface area contributed by atoms with Gasteiger partial charge in [-0.2, -0.15) is 5.10 Å². The van der Waals surface area contributed by atoms with E-state index in [0.717, 1.165) is 6.07 Å². The minimum absolute atomic E-state index is 0.00994. The van der Waals surface area contributed by atoms with Gasteiger partial charge in [0.2, 0.25) is 0 Å². The smallest absolute Gasteiger partial charge is 0.262 e. The second kappa shape index (κ2) is 6.23. The van der Waals surface area contributed by atoms with Crippen molar-refractivity contribution in [1.82, 2.24) is 14.8 Å². The maximum absolute atomic E-state index is 13.9. The molecule has 1 N–H and O–H groups in total. The van der Waals surface area contributed by atoms with Crippen LogP contribution in [0.3, 0.4) is 0 Å². The van der Waals surface area contributed by atoms with Crippen molar-refractivity contribution in [2.45, 2.75) is 4.90 Å². The molecule has 0 fully saturated rings. The SMILES string of the molecule is O=S(=O)(Nc1ccccc1-n1cccn1)c1ccc(F)c2ncccc12. The largest absolute Gasteiger partial charge is 0.277 e. The topological polar surface area (TPSA) is 76.9 Å². The zero-order valence-electron chi connectivity index (χ0n) is 13.4. The van der Waals surface area contributed by atoms with Gasteiger partial charge in [-0.05, 0) is 42.5 Å². The van der Waals surface area contributed by atoms with E-state index in [9.17, 15) is 12.8 Å². The van der Waals surface area contributed by atoms with Gasteiger partial charge in [0.1, 0.15) is 11.3 Å². The maximum Gasteiger partial charge on any atom is 0.262 e. The highest BCUT2D eigenvalue weighted by atomic mass is 32.2. The van der Waals surface area contributed by atoms with Gasteiger partial charge in [-0.15, -0.1) is 0 Å². The second-order valence-electron chi connectivity index (χ2n) is 5.52. The van der Waals surface area contributed by atoms with E-state index < -0.39 is 15.8 Å². The minimum Gasteiger partial charge on any atom is -0.277 e. The van der Waals surface area contributed by atoms with Gasteiger partial charge in [0.25, 0.3) is 10.0 Å². The van der Waals surface area contributed by atoms with E-state index in [1.54, 1.807) is 53.5 Å². The van der Waals surface area contributed by atoms with Crippen molar-refractivity contribution in [2.75, 3.05) is 4.72 Å². The predicted molar refractivity (Wildman–Crippen MR) is 96.1 cm³/mol. The average molecular weight is 368 g/mol. The van der Waals surface area contributed by atoms with Crippen molar-refractivity contribution in [3.05, 3.63) is 79.0 Å². The van der Waals surface area contributed by atoms with E-state index in [1.165, 1.54) is 18.3 Å². The van der Waals surface area contributed by atoms with Crippen LogP contribution in [0.25, 0.3) is 16.6 Å². The fourth-order valence-electron chi connectivity index (χ4n) is 2.72. The normalized spacial score (nSPS) is 11.6. The quantitative estimate of drug-likeness (QED) is 0.599. The van der Waals surface area contributed by atoms with E-state index in [1.807, 2.05) is 0 Å². The highest BCUT2D eigenvalue weighted by Crippen LogP contribution is 2.27. The number of sulfonamides is 1. The van der Waals surface area contributed by atoms with Crippen molar-refractivity contribution in [3.8, 4) is 5.69 Å². The number of hydrogen-bond acceptors (Lipinski definition) is 4.